The first kappa shape index (κ1) is 17.2. The molecule has 1 aliphatic rings. The maximum atomic E-state index is 13.0. The van der Waals surface area contributed by atoms with E-state index in [1.54, 1.807) is 0 Å². The SMILES string of the molecule is CCCOCC(=O)NCC(N1CCNCC1)C(F)(F)F. The molecule has 1 fully saturated rings. The third-order valence-electron chi connectivity index (χ3n) is 3.04. The number of amides is 1. The van der Waals surface area contributed by atoms with Crippen molar-refractivity contribution in [2.75, 3.05) is 45.9 Å². The summed E-state index contributed by atoms with van der Waals surface area (Å²) in [5, 5.41) is 5.30. The zero-order valence-electron chi connectivity index (χ0n) is 11.6. The van der Waals surface area contributed by atoms with Crippen molar-refractivity contribution in [2.45, 2.75) is 25.6 Å². The van der Waals surface area contributed by atoms with Gasteiger partial charge in [0.15, 0.2) is 0 Å². The zero-order valence-corrected chi connectivity index (χ0v) is 11.6. The number of hydrogen-bond donors (Lipinski definition) is 2. The van der Waals surface area contributed by atoms with E-state index < -0.39 is 24.7 Å². The fourth-order valence-corrected chi connectivity index (χ4v) is 2.02. The largest absolute Gasteiger partial charge is 0.405 e. The van der Waals surface area contributed by atoms with Crippen LogP contribution in [0, 0.1) is 0 Å². The second-order valence-corrected chi connectivity index (χ2v) is 4.70. The summed E-state index contributed by atoms with van der Waals surface area (Å²) >= 11 is 0. The van der Waals surface area contributed by atoms with Crippen LogP contribution in [-0.4, -0.2) is 69.0 Å². The molecule has 8 heteroatoms. The summed E-state index contributed by atoms with van der Waals surface area (Å²) in [5.41, 5.74) is 0. The summed E-state index contributed by atoms with van der Waals surface area (Å²) in [6.07, 6.45) is -3.59. The van der Waals surface area contributed by atoms with Crippen molar-refractivity contribution in [3.05, 3.63) is 0 Å². The van der Waals surface area contributed by atoms with Crippen LogP contribution in [0.15, 0.2) is 0 Å². The first-order valence-corrected chi connectivity index (χ1v) is 6.81. The predicted octanol–water partition coefficient (Wildman–Crippen LogP) is 0.365. The molecule has 2 N–H and O–H groups in total. The van der Waals surface area contributed by atoms with Crippen molar-refractivity contribution in [1.29, 1.82) is 0 Å². The number of piperazine rings is 1. The molecule has 0 bridgehead atoms. The maximum Gasteiger partial charge on any atom is 0.405 e. The number of halogens is 3. The molecule has 20 heavy (non-hydrogen) atoms. The molecule has 0 aromatic carbocycles. The van der Waals surface area contributed by atoms with E-state index in [0.717, 1.165) is 6.42 Å². The summed E-state index contributed by atoms with van der Waals surface area (Å²) in [6.45, 7) is 3.40. The molecule has 0 radical (unpaired) electrons. The van der Waals surface area contributed by atoms with Crippen LogP contribution >= 0.6 is 0 Å². The van der Waals surface area contributed by atoms with E-state index in [2.05, 4.69) is 10.6 Å². The Hall–Kier alpha value is -0.860. The first-order valence-electron chi connectivity index (χ1n) is 6.81. The Balaban J connectivity index is 2.42. The monoisotopic (exact) mass is 297 g/mol. The zero-order chi connectivity index (χ0) is 15.0. The molecule has 1 unspecified atom stereocenters. The predicted molar refractivity (Wildman–Crippen MR) is 68.4 cm³/mol. The van der Waals surface area contributed by atoms with Gasteiger partial charge in [-0.1, -0.05) is 6.92 Å². The van der Waals surface area contributed by atoms with E-state index in [4.69, 9.17) is 4.74 Å². The number of nitrogens with one attached hydrogen (secondary N) is 2. The van der Waals surface area contributed by atoms with Crippen molar-refractivity contribution in [1.82, 2.24) is 15.5 Å². The number of hydrogen-bond acceptors (Lipinski definition) is 4. The van der Waals surface area contributed by atoms with Gasteiger partial charge in [-0.3, -0.25) is 9.69 Å². The van der Waals surface area contributed by atoms with Gasteiger partial charge in [0.1, 0.15) is 12.6 Å². The van der Waals surface area contributed by atoms with Crippen molar-refractivity contribution >= 4 is 5.91 Å². The van der Waals surface area contributed by atoms with Gasteiger partial charge in [-0.15, -0.1) is 0 Å². The number of rotatable bonds is 7. The van der Waals surface area contributed by atoms with Crippen LogP contribution in [0.2, 0.25) is 0 Å². The van der Waals surface area contributed by atoms with Gasteiger partial charge in [0.05, 0.1) is 0 Å². The fourth-order valence-electron chi connectivity index (χ4n) is 2.02. The van der Waals surface area contributed by atoms with Crippen LogP contribution < -0.4 is 10.6 Å². The topological polar surface area (TPSA) is 53.6 Å². The normalized spacial score (nSPS) is 18.8. The molecule has 1 rings (SSSR count). The number of nitrogens with zero attached hydrogens (tertiary/aromatic N) is 1. The van der Waals surface area contributed by atoms with Crippen molar-refractivity contribution in [3.8, 4) is 0 Å². The molecule has 1 amide bonds. The van der Waals surface area contributed by atoms with Crippen LogP contribution in [0.3, 0.4) is 0 Å². The van der Waals surface area contributed by atoms with Crippen LogP contribution in [0.25, 0.3) is 0 Å². The number of carbonyl (C=O) groups excluding carboxylic acids is 1. The lowest BCUT2D eigenvalue weighted by atomic mass is 10.2. The molecular formula is C12H22F3N3O2. The second-order valence-electron chi connectivity index (χ2n) is 4.70. The van der Waals surface area contributed by atoms with Gasteiger partial charge in [0.2, 0.25) is 5.91 Å². The minimum atomic E-state index is -4.35. The molecule has 0 spiro atoms. The molecule has 1 heterocycles. The molecule has 5 nitrogen and oxygen atoms in total. The van der Waals surface area contributed by atoms with Gasteiger partial charge in [0, 0.05) is 39.3 Å². The van der Waals surface area contributed by atoms with Gasteiger partial charge >= 0.3 is 6.18 Å². The average molecular weight is 297 g/mol. The average Bonchev–Trinajstić information content (AvgIpc) is 2.39. The first-order chi connectivity index (χ1) is 9.45. The summed E-state index contributed by atoms with van der Waals surface area (Å²) in [4.78, 5) is 12.7. The van der Waals surface area contributed by atoms with E-state index in [0.29, 0.717) is 32.8 Å². The van der Waals surface area contributed by atoms with Crippen molar-refractivity contribution in [3.63, 3.8) is 0 Å². The molecule has 0 aromatic rings. The molecular weight excluding hydrogens is 275 g/mol. The third-order valence-corrected chi connectivity index (χ3v) is 3.04. The minimum absolute atomic E-state index is 0.194. The minimum Gasteiger partial charge on any atom is -0.372 e. The highest BCUT2D eigenvalue weighted by atomic mass is 19.4. The molecule has 1 atom stereocenters. The molecule has 0 aromatic heterocycles. The lowest BCUT2D eigenvalue weighted by molar-refractivity contribution is -0.184. The molecule has 1 saturated heterocycles. The van der Waals surface area contributed by atoms with Gasteiger partial charge < -0.3 is 15.4 Å². The van der Waals surface area contributed by atoms with Crippen molar-refractivity contribution < 1.29 is 22.7 Å². The van der Waals surface area contributed by atoms with E-state index in [-0.39, 0.29) is 6.61 Å². The number of carbonyl (C=O) groups is 1. The fraction of sp³-hybridized carbons (Fsp3) is 0.917. The standard InChI is InChI=1S/C12H22F3N3O2/c1-2-7-20-9-11(19)17-8-10(12(13,14)15)18-5-3-16-4-6-18/h10,16H,2-9H2,1H3,(H,17,19). The quantitative estimate of drug-likeness (QED) is 0.667. The van der Waals surface area contributed by atoms with Gasteiger partial charge in [-0.2, -0.15) is 13.2 Å². The van der Waals surface area contributed by atoms with Crippen LogP contribution in [-0.2, 0) is 9.53 Å². The smallest absolute Gasteiger partial charge is 0.372 e. The molecule has 118 valence electrons. The second kappa shape index (κ2) is 8.43. The maximum absolute atomic E-state index is 13.0. The number of alkyl halides is 3. The molecule has 0 aliphatic carbocycles. The lowest BCUT2D eigenvalue weighted by Crippen LogP contribution is -2.57. The van der Waals surface area contributed by atoms with E-state index in [9.17, 15) is 18.0 Å². The summed E-state index contributed by atoms with van der Waals surface area (Å²) in [5.74, 6) is -0.511. The van der Waals surface area contributed by atoms with Crippen LogP contribution in [0.1, 0.15) is 13.3 Å². The highest BCUT2D eigenvalue weighted by molar-refractivity contribution is 5.77. The number of ether oxygens (including phenoxy) is 1. The molecule has 0 saturated carbocycles. The molecule has 1 aliphatic heterocycles. The van der Waals surface area contributed by atoms with Crippen LogP contribution in [0.5, 0.6) is 0 Å². The Kier molecular flexibility index (Phi) is 7.25. The summed E-state index contributed by atoms with van der Waals surface area (Å²) in [6, 6.07) is -1.64. The van der Waals surface area contributed by atoms with E-state index >= 15 is 0 Å². The summed E-state index contributed by atoms with van der Waals surface area (Å²) in [7, 11) is 0. The Bertz CT molecular complexity index is 294. The highest BCUT2D eigenvalue weighted by Crippen LogP contribution is 2.24. The highest BCUT2D eigenvalue weighted by Gasteiger charge is 2.43. The Morgan fingerprint density at radius 2 is 2.05 bits per heavy atom. The van der Waals surface area contributed by atoms with Crippen molar-refractivity contribution in [2.24, 2.45) is 0 Å². The lowest BCUT2D eigenvalue weighted by Gasteiger charge is -2.35. The Labute approximate surface area is 116 Å². The van der Waals surface area contributed by atoms with E-state index in [1.807, 2.05) is 6.92 Å². The van der Waals surface area contributed by atoms with Gasteiger partial charge in [-0.25, -0.2) is 0 Å². The van der Waals surface area contributed by atoms with Crippen LogP contribution in [0.4, 0.5) is 13.2 Å². The summed E-state index contributed by atoms with van der Waals surface area (Å²) < 4.78 is 44.0. The van der Waals surface area contributed by atoms with E-state index in [1.165, 1.54) is 4.90 Å². The van der Waals surface area contributed by atoms with Gasteiger partial charge in [0.25, 0.3) is 0 Å². The Morgan fingerprint density at radius 1 is 1.40 bits per heavy atom. The Morgan fingerprint density at radius 3 is 2.60 bits per heavy atom. The van der Waals surface area contributed by atoms with Gasteiger partial charge in [-0.05, 0) is 6.42 Å². The third kappa shape index (κ3) is 6.06.